The van der Waals surface area contributed by atoms with E-state index < -0.39 is 0 Å². The molecule has 0 aliphatic heterocycles. The molecule has 0 aliphatic carbocycles. The second-order valence-electron chi connectivity index (χ2n) is 4.54. The number of aryl methyl sites for hydroxylation is 1. The number of hydrogen-bond donors (Lipinski definition) is 2. The number of benzene rings is 2. The zero-order chi connectivity index (χ0) is 13.8. The van der Waals surface area contributed by atoms with Crippen molar-refractivity contribution in [3.63, 3.8) is 0 Å². The summed E-state index contributed by atoms with van der Waals surface area (Å²) in [5.74, 6) is 5.69. The Kier molecular flexibility index (Phi) is 4.99. The van der Waals surface area contributed by atoms with Crippen LogP contribution in [0.3, 0.4) is 0 Å². The zero-order valence-corrected chi connectivity index (χ0v) is 13.0. The summed E-state index contributed by atoms with van der Waals surface area (Å²) in [4.78, 5) is 0. The number of hydrogen-bond acceptors (Lipinski definition) is 2. The molecule has 0 amide bonds. The second-order valence-corrected chi connectivity index (χ2v) is 5.80. The van der Waals surface area contributed by atoms with Gasteiger partial charge >= 0.3 is 0 Å². The topological polar surface area (TPSA) is 38.0 Å². The van der Waals surface area contributed by atoms with Crippen LogP contribution in [0.1, 0.15) is 22.7 Å². The van der Waals surface area contributed by atoms with E-state index >= 15 is 0 Å². The molecule has 2 nitrogen and oxygen atoms in total. The van der Waals surface area contributed by atoms with Crippen molar-refractivity contribution < 1.29 is 0 Å². The summed E-state index contributed by atoms with van der Waals surface area (Å²) in [6.07, 6.45) is 0.748. The number of nitrogens with one attached hydrogen (secondary N) is 1. The first-order valence-corrected chi connectivity index (χ1v) is 7.24. The van der Waals surface area contributed by atoms with Gasteiger partial charge < -0.3 is 0 Å². The van der Waals surface area contributed by atoms with Gasteiger partial charge in [0.2, 0.25) is 0 Å². The minimum Gasteiger partial charge on any atom is -0.271 e. The molecule has 0 saturated heterocycles. The molecule has 19 heavy (non-hydrogen) atoms. The molecule has 0 aromatic heterocycles. The zero-order valence-electron chi connectivity index (χ0n) is 10.7. The molecule has 0 heterocycles. The highest BCUT2D eigenvalue weighted by molar-refractivity contribution is 9.10. The van der Waals surface area contributed by atoms with Gasteiger partial charge in [-0.1, -0.05) is 57.9 Å². The molecule has 0 bridgehead atoms. The van der Waals surface area contributed by atoms with Crippen LogP contribution in [-0.4, -0.2) is 0 Å². The van der Waals surface area contributed by atoms with Crippen LogP contribution in [0.2, 0.25) is 5.02 Å². The van der Waals surface area contributed by atoms with Crippen LogP contribution >= 0.6 is 27.5 Å². The molecule has 0 saturated carbocycles. The Hall–Kier alpha value is -0.870. The molecule has 0 spiro atoms. The third-order valence-corrected chi connectivity index (χ3v) is 4.19. The predicted molar refractivity (Wildman–Crippen MR) is 84.1 cm³/mol. The normalized spacial score (nSPS) is 12.4. The van der Waals surface area contributed by atoms with Gasteiger partial charge in [-0.3, -0.25) is 11.3 Å². The van der Waals surface area contributed by atoms with Crippen LogP contribution in [-0.2, 0) is 6.42 Å². The summed E-state index contributed by atoms with van der Waals surface area (Å²) in [6, 6.07) is 14.2. The second kappa shape index (κ2) is 6.53. The molecule has 4 heteroatoms. The molecule has 2 aromatic carbocycles. The van der Waals surface area contributed by atoms with Gasteiger partial charge in [0.05, 0.1) is 6.04 Å². The van der Waals surface area contributed by atoms with Gasteiger partial charge in [0.1, 0.15) is 0 Å². The highest BCUT2D eigenvalue weighted by atomic mass is 79.9. The molecule has 3 N–H and O–H groups in total. The summed E-state index contributed by atoms with van der Waals surface area (Å²) in [7, 11) is 0. The molecule has 1 atom stereocenters. The maximum Gasteiger partial charge on any atom is 0.0511 e. The quantitative estimate of drug-likeness (QED) is 0.648. The minimum absolute atomic E-state index is 0.0239. The molecular formula is C15H16BrClN2. The molecule has 2 rings (SSSR count). The fourth-order valence-electron chi connectivity index (χ4n) is 2.05. The fourth-order valence-corrected chi connectivity index (χ4v) is 2.93. The predicted octanol–water partition coefficient (Wildman–Crippen LogP) is 4.16. The Labute approximate surface area is 127 Å². The third kappa shape index (κ3) is 3.57. The first kappa shape index (κ1) is 14.5. The maximum atomic E-state index is 6.28. The average molecular weight is 340 g/mol. The number of rotatable bonds is 4. The maximum absolute atomic E-state index is 6.28. The van der Waals surface area contributed by atoms with E-state index in [-0.39, 0.29) is 6.04 Å². The van der Waals surface area contributed by atoms with E-state index in [9.17, 15) is 0 Å². The number of hydrazine groups is 1. The van der Waals surface area contributed by atoms with E-state index in [1.807, 2.05) is 31.2 Å². The van der Waals surface area contributed by atoms with Gasteiger partial charge in [-0.15, -0.1) is 0 Å². The van der Waals surface area contributed by atoms with Crippen LogP contribution in [0.5, 0.6) is 0 Å². The first-order chi connectivity index (χ1) is 9.11. The Bertz CT molecular complexity index is 572. The molecule has 1 unspecified atom stereocenters. The Morgan fingerprint density at radius 1 is 1.26 bits per heavy atom. The van der Waals surface area contributed by atoms with Gasteiger partial charge in [-0.2, -0.15) is 0 Å². The lowest BCUT2D eigenvalue weighted by atomic mass is 9.99. The van der Waals surface area contributed by atoms with Gasteiger partial charge in [0, 0.05) is 9.50 Å². The van der Waals surface area contributed by atoms with E-state index in [1.165, 1.54) is 0 Å². The van der Waals surface area contributed by atoms with Crippen molar-refractivity contribution in [2.75, 3.05) is 0 Å². The fraction of sp³-hybridized carbons (Fsp3) is 0.200. The van der Waals surface area contributed by atoms with Crippen LogP contribution in [0, 0.1) is 6.92 Å². The standard InChI is InChI=1S/C15H16BrClN2/c1-10-6-7-11(14(17)8-10)9-15(19-18)12-4-2-3-5-13(12)16/h2-8,15,19H,9,18H2,1H3. The lowest BCUT2D eigenvalue weighted by molar-refractivity contribution is 0.550. The van der Waals surface area contributed by atoms with Crippen molar-refractivity contribution in [1.29, 1.82) is 0 Å². The summed E-state index contributed by atoms with van der Waals surface area (Å²) in [5.41, 5.74) is 6.24. The molecule has 0 fully saturated rings. The highest BCUT2D eigenvalue weighted by Crippen LogP contribution is 2.28. The Morgan fingerprint density at radius 2 is 2.00 bits per heavy atom. The van der Waals surface area contributed by atoms with Crippen molar-refractivity contribution in [1.82, 2.24) is 5.43 Å². The highest BCUT2D eigenvalue weighted by Gasteiger charge is 2.14. The lowest BCUT2D eigenvalue weighted by Gasteiger charge is -2.18. The summed E-state index contributed by atoms with van der Waals surface area (Å²) in [6.45, 7) is 2.03. The largest absolute Gasteiger partial charge is 0.271 e. The first-order valence-electron chi connectivity index (χ1n) is 6.07. The van der Waals surface area contributed by atoms with Crippen molar-refractivity contribution in [2.24, 2.45) is 5.84 Å². The van der Waals surface area contributed by atoms with Gasteiger partial charge in [-0.25, -0.2) is 0 Å². The van der Waals surface area contributed by atoms with Crippen LogP contribution in [0.4, 0.5) is 0 Å². The summed E-state index contributed by atoms with van der Waals surface area (Å²) < 4.78 is 1.04. The van der Waals surface area contributed by atoms with Crippen molar-refractivity contribution in [3.8, 4) is 0 Å². The molecule has 0 radical (unpaired) electrons. The Balaban J connectivity index is 2.27. The molecule has 2 aromatic rings. The van der Waals surface area contributed by atoms with Gasteiger partial charge in [-0.05, 0) is 42.2 Å². The third-order valence-electron chi connectivity index (χ3n) is 3.11. The van der Waals surface area contributed by atoms with E-state index in [1.54, 1.807) is 0 Å². The van der Waals surface area contributed by atoms with E-state index in [0.29, 0.717) is 0 Å². The van der Waals surface area contributed by atoms with Crippen LogP contribution in [0.15, 0.2) is 46.9 Å². The van der Waals surface area contributed by atoms with Gasteiger partial charge in [0.25, 0.3) is 0 Å². The summed E-state index contributed by atoms with van der Waals surface area (Å²) >= 11 is 9.83. The van der Waals surface area contributed by atoms with E-state index in [4.69, 9.17) is 17.4 Å². The minimum atomic E-state index is 0.0239. The van der Waals surface area contributed by atoms with Crippen LogP contribution in [0.25, 0.3) is 0 Å². The molecule has 100 valence electrons. The van der Waals surface area contributed by atoms with Crippen molar-refractivity contribution in [3.05, 3.63) is 68.7 Å². The monoisotopic (exact) mass is 338 g/mol. The Morgan fingerprint density at radius 3 is 2.63 bits per heavy atom. The molecule has 0 aliphatic rings. The summed E-state index contributed by atoms with van der Waals surface area (Å²) in [5, 5.41) is 0.785. The van der Waals surface area contributed by atoms with Crippen molar-refractivity contribution in [2.45, 2.75) is 19.4 Å². The van der Waals surface area contributed by atoms with E-state index in [2.05, 4.69) is 39.6 Å². The smallest absolute Gasteiger partial charge is 0.0511 e. The lowest BCUT2D eigenvalue weighted by Crippen LogP contribution is -2.29. The number of nitrogens with two attached hydrogens (primary N) is 1. The average Bonchev–Trinajstić information content (AvgIpc) is 2.39. The van der Waals surface area contributed by atoms with Crippen molar-refractivity contribution >= 4 is 27.5 Å². The number of halogens is 2. The van der Waals surface area contributed by atoms with Gasteiger partial charge in [0.15, 0.2) is 0 Å². The SMILES string of the molecule is Cc1ccc(CC(NN)c2ccccc2Br)c(Cl)c1. The van der Waals surface area contributed by atoms with E-state index in [0.717, 1.165) is 32.6 Å². The van der Waals surface area contributed by atoms with Crippen LogP contribution < -0.4 is 11.3 Å². The molecular weight excluding hydrogens is 324 g/mol.